The quantitative estimate of drug-likeness (QED) is 0.214. The maximum absolute atomic E-state index is 13.4. The molecule has 3 aromatic rings. The summed E-state index contributed by atoms with van der Waals surface area (Å²) in [6, 6.07) is 27.2. The fourth-order valence-corrected chi connectivity index (χ4v) is 7.49. The molecule has 0 spiro atoms. The number of rotatable bonds is 8. The third-order valence-electron chi connectivity index (χ3n) is 8.19. The Morgan fingerprint density at radius 2 is 1.41 bits per heavy atom. The molecule has 0 N–H and O–H groups in total. The van der Waals surface area contributed by atoms with Crippen LogP contribution in [0.5, 0.6) is 0 Å². The van der Waals surface area contributed by atoms with Gasteiger partial charge in [0.05, 0.1) is 10.6 Å². The summed E-state index contributed by atoms with van der Waals surface area (Å²) in [5, 5.41) is 0. The van der Waals surface area contributed by atoms with Crippen molar-refractivity contribution < 1.29 is 32.5 Å². The number of esters is 1. The van der Waals surface area contributed by atoms with Gasteiger partial charge in [-0.25, -0.2) is 23.0 Å². The van der Waals surface area contributed by atoms with Crippen LogP contribution in [0.15, 0.2) is 95.9 Å². The molecule has 4 atom stereocenters. The van der Waals surface area contributed by atoms with Gasteiger partial charge in [-0.3, -0.25) is 4.79 Å². The molecule has 1 heterocycles. The van der Waals surface area contributed by atoms with Crippen LogP contribution in [0.25, 0.3) is 0 Å². The molecule has 2 bridgehead atoms. The van der Waals surface area contributed by atoms with Crippen molar-refractivity contribution in [2.75, 3.05) is 5.75 Å². The number of hydrogen-bond acceptors (Lipinski definition) is 7. The SMILES string of the molecule is CC1(OC(=O)C(=O)N(Cc2ccccc2)Cc2ccccc2)CCC2CC1OO[C@@]2(C)CS(=O)(=O)c1ccccc1. The highest BCUT2D eigenvalue weighted by Crippen LogP contribution is 2.47. The van der Waals surface area contributed by atoms with Gasteiger partial charge in [-0.2, -0.15) is 0 Å². The zero-order valence-corrected chi connectivity index (χ0v) is 24.1. The number of hydrogen-bond donors (Lipinski definition) is 0. The van der Waals surface area contributed by atoms with Crippen molar-refractivity contribution in [2.24, 2.45) is 5.92 Å². The Hall–Kier alpha value is -3.53. The van der Waals surface area contributed by atoms with Crippen molar-refractivity contribution in [3.8, 4) is 0 Å². The van der Waals surface area contributed by atoms with Crippen LogP contribution in [0, 0.1) is 5.92 Å². The standard InChI is InChI=1S/C32H35NO7S/c1-31(19-18-26-20-28(31)39-40-32(26,2)23-41(36,37)27-16-10-5-11-17-27)38-30(35)29(34)33(21-24-12-6-3-7-13-24)22-25-14-8-4-9-15-25/h3-17,26,28H,18-23H2,1-2H3/t26?,28?,31?,32-/m0/s1. The Kier molecular flexibility index (Phi) is 8.31. The van der Waals surface area contributed by atoms with Crippen LogP contribution < -0.4 is 0 Å². The molecule has 1 aliphatic heterocycles. The van der Waals surface area contributed by atoms with Crippen molar-refractivity contribution in [1.29, 1.82) is 0 Å². The number of amides is 1. The van der Waals surface area contributed by atoms with Crippen LogP contribution in [-0.4, -0.2) is 48.3 Å². The first-order valence-electron chi connectivity index (χ1n) is 13.8. The summed E-state index contributed by atoms with van der Waals surface area (Å²) in [7, 11) is -3.62. The molecule has 0 aromatic heterocycles. The average Bonchev–Trinajstić information content (AvgIpc) is 2.97. The predicted molar refractivity (Wildman–Crippen MR) is 152 cm³/mol. The lowest BCUT2D eigenvalue weighted by atomic mass is 9.71. The number of nitrogens with zero attached hydrogens (tertiary/aromatic N) is 1. The van der Waals surface area contributed by atoms with Gasteiger partial charge in [-0.05, 0) is 62.3 Å². The van der Waals surface area contributed by atoms with E-state index in [9.17, 15) is 18.0 Å². The zero-order chi connectivity index (χ0) is 29.1. The van der Waals surface area contributed by atoms with Crippen molar-refractivity contribution >= 4 is 21.7 Å². The van der Waals surface area contributed by atoms with Crippen molar-refractivity contribution in [3.63, 3.8) is 0 Å². The van der Waals surface area contributed by atoms with Gasteiger partial charge >= 0.3 is 11.9 Å². The second-order valence-corrected chi connectivity index (χ2v) is 13.3. The number of carbonyl (C=O) groups is 2. The minimum absolute atomic E-state index is 0.130. The number of ether oxygens (including phenoxy) is 1. The van der Waals surface area contributed by atoms with Crippen molar-refractivity contribution in [3.05, 3.63) is 102 Å². The van der Waals surface area contributed by atoms with Gasteiger partial charge < -0.3 is 9.64 Å². The second-order valence-electron chi connectivity index (χ2n) is 11.4. The van der Waals surface area contributed by atoms with Gasteiger partial charge in [0.2, 0.25) is 0 Å². The normalized spacial score (nSPS) is 25.7. The van der Waals surface area contributed by atoms with E-state index < -0.39 is 39.0 Å². The van der Waals surface area contributed by atoms with E-state index in [1.54, 1.807) is 44.2 Å². The molecular weight excluding hydrogens is 542 g/mol. The molecule has 3 aromatic carbocycles. The molecule has 1 saturated heterocycles. The van der Waals surface area contributed by atoms with Gasteiger partial charge in [0, 0.05) is 13.1 Å². The minimum atomic E-state index is -3.62. The van der Waals surface area contributed by atoms with Gasteiger partial charge in [0.15, 0.2) is 9.84 Å². The molecule has 216 valence electrons. The third kappa shape index (κ3) is 6.53. The lowest BCUT2D eigenvalue weighted by Crippen LogP contribution is -2.60. The van der Waals surface area contributed by atoms with Gasteiger partial charge in [0.1, 0.15) is 17.3 Å². The number of benzene rings is 3. The molecule has 0 radical (unpaired) electrons. The summed E-state index contributed by atoms with van der Waals surface area (Å²) in [5.74, 6) is -2.06. The van der Waals surface area contributed by atoms with Crippen LogP contribution in [0.3, 0.4) is 0 Å². The van der Waals surface area contributed by atoms with E-state index in [0.717, 1.165) is 11.1 Å². The van der Waals surface area contributed by atoms with Crippen molar-refractivity contribution in [2.45, 2.75) is 68.4 Å². The van der Waals surface area contributed by atoms with E-state index in [-0.39, 0.29) is 29.7 Å². The number of fused-ring (bicyclic) bond motifs is 2. The maximum Gasteiger partial charge on any atom is 0.397 e. The molecule has 2 fully saturated rings. The molecule has 1 saturated carbocycles. The first-order chi connectivity index (χ1) is 19.6. The Morgan fingerprint density at radius 1 is 0.878 bits per heavy atom. The Morgan fingerprint density at radius 3 is 1.98 bits per heavy atom. The molecule has 8 nitrogen and oxygen atoms in total. The van der Waals surface area contributed by atoms with Gasteiger partial charge in [-0.15, -0.1) is 0 Å². The predicted octanol–water partition coefficient (Wildman–Crippen LogP) is 4.88. The monoisotopic (exact) mass is 577 g/mol. The minimum Gasteiger partial charge on any atom is -0.449 e. The van der Waals surface area contributed by atoms with E-state index in [4.69, 9.17) is 14.5 Å². The van der Waals surface area contributed by atoms with Crippen LogP contribution >= 0.6 is 0 Å². The molecule has 1 aliphatic carbocycles. The highest BCUT2D eigenvalue weighted by Gasteiger charge is 2.56. The number of sulfone groups is 1. The summed E-state index contributed by atoms with van der Waals surface area (Å²) in [5.41, 5.74) is -0.377. The van der Waals surface area contributed by atoms with Gasteiger partial charge in [-0.1, -0.05) is 78.9 Å². The van der Waals surface area contributed by atoms with Crippen molar-refractivity contribution in [1.82, 2.24) is 4.90 Å². The summed E-state index contributed by atoms with van der Waals surface area (Å²) < 4.78 is 32.1. The third-order valence-corrected chi connectivity index (χ3v) is 10.1. The number of carbonyl (C=O) groups excluding carboxylic acids is 2. The van der Waals surface area contributed by atoms with Crippen LogP contribution in [0.4, 0.5) is 0 Å². The van der Waals surface area contributed by atoms with E-state index in [0.29, 0.717) is 19.3 Å². The average molecular weight is 578 g/mol. The molecule has 41 heavy (non-hydrogen) atoms. The molecule has 1 amide bonds. The first kappa shape index (κ1) is 29.0. The molecule has 2 aliphatic rings. The topological polar surface area (TPSA) is 99.2 Å². The highest BCUT2D eigenvalue weighted by atomic mass is 32.2. The van der Waals surface area contributed by atoms with E-state index in [2.05, 4.69) is 0 Å². The summed E-state index contributed by atoms with van der Waals surface area (Å²) in [6.45, 7) is 3.99. The Bertz CT molecular complexity index is 1420. The highest BCUT2D eigenvalue weighted by molar-refractivity contribution is 7.91. The Balaban J connectivity index is 1.26. The lowest BCUT2D eigenvalue weighted by molar-refractivity contribution is -0.441. The second kappa shape index (κ2) is 11.8. The van der Waals surface area contributed by atoms with Crippen LogP contribution in [0.1, 0.15) is 44.2 Å². The summed E-state index contributed by atoms with van der Waals surface area (Å²) in [6.07, 6.45) is 0.762. The fraction of sp³-hybridized carbons (Fsp3) is 0.375. The maximum atomic E-state index is 13.4. The van der Waals surface area contributed by atoms with Gasteiger partial charge in [0.25, 0.3) is 0 Å². The lowest BCUT2D eigenvalue weighted by Gasteiger charge is -2.51. The Labute approximate surface area is 241 Å². The van der Waals surface area contributed by atoms with E-state index in [1.807, 2.05) is 60.7 Å². The van der Waals surface area contributed by atoms with E-state index in [1.165, 1.54) is 4.90 Å². The summed E-state index contributed by atoms with van der Waals surface area (Å²) >= 11 is 0. The molecule has 9 heteroatoms. The zero-order valence-electron chi connectivity index (χ0n) is 23.3. The largest absolute Gasteiger partial charge is 0.449 e. The molecule has 5 rings (SSSR count). The summed E-state index contributed by atoms with van der Waals surface area (Å²) in [4.78, 5) is 39.9. The first-order valence-corrected chi connectivity index (χ1v) is 15.5. The van der Waals surface area contributed by atoms with Crippen LogP contribution in [-0.2, 0) is 47.0 Å². The fourth-order valence-electron chi connectivity index (χ4n) is 5.72. The molecular formula is C32H35NO7S. The molecule has 3 unspecified atom stereocenters. The van der Waals surface area contributed by atoms with Crippen LogP contribution in [0.2, 0.25) is 0 Å². The van der Waals surface area contributed by atoms with E-state index >= 15 is 0 Å². The smallest absolute Gasteiger partial charge is 0.397 e.